The number of aromatic nitrogens is 2. The molecule has 17 heavy (non-hydrogen) atoms. The highest BCUT2D eigenvalue weighted by Gasteiger charge is 2.28. The van der Waals surface area contributed by atoms with Crippen LogP contribution in [0.2, 0.25) is 0 Å². The van der Waals surface area contributed by atoms with Gasteiger partial charge in [-0.15, -0.1) is 9.36 Å². The molecule has 1 fully saturated rings. The first-order valence-electron chi connectivity index (χ1n) is 6.54. The van der Waals surface area contributed by atoms with Crippen molar-refractivity contribution in [2.45, 2.75) is 51.1 Å². The molecule has 0 bridgehead atoms. The molecule has 94 valence electrons. The zero-order chi connectivity index (χ0) is 12.3. The second-order valence-electron chi connectivity index (χ2n) is 4.83. The quantitative estimate of drug-likeness (QED) is 0.795. The second kappa shape index (κ2) is 5.34. The lowest BCUT2D eigenvalue weighted by Gasteiger charge is -2.19. The van der Waals surface area contributed by atoms with Crippen molar-refractivity contribution in [2.75, 3.05) is 7.05 Å². The van der Waals surface area contributed by atoms with E-state index in [1.807, 2.05) is 19.2 Å². The van der Waals surface area contributed by atoms with E-state index in [1.165, 1.54) is 32.1 Å². The number of carbonyl (C=O) groups excluding carboxylic acids is 1. The van der Waals surface area contributed by atoms with Crippen LogP contribution in [-0.4, -0.2) is 17.6 Å². The van der Waals surface area contributed by atoms with Crippen molar-refractivity contribution in [3.8, 4) is 0 Å². The molecule has 2 rings (SSSR count). The van der Waals surface area contributed by atoms with E-state index in [2.05, 4.69) is 20.9 Å². The summed E-state index contributed by atoms with van der Waals surface area (Å²) in [6, 6.07) is 2.44. The van der Waals surface area contributed by atoms with Crippen LogP contribution in [0, 0.1) is 0 Å². The molecule has 0 saturated heterocycles. The highest BCUT2D eigenvalue weighted by Crippen LogP contribution is 2.23. The van der Waals surface area contributed by atoms with E-state index < -0.39 is 0 Å². The van der Waals surface area contributed by atoms with Crippen LogP contribution in [0.5, 0.6) is 0 Å². The van der Waals surface area contributed by atoms with E-state index in [0.29, 0.717) is 6.04 Å². The van der Waals surface area contributed by atoms with E-state index in [9.17, 15) is 4.79 Å². The molecule has 1 saturated carbocycles. The fourth-order valence-corrected chi connectivity index (χ4v) is 2.68. The third-order valence-electron chi connectivity index (χ3n) is 3.72. The highest BCUT2D eigenvalue weighted by atomic mass is 16.2. The number of carbonyl (C=O) groups is 1. The maximum absolute atomic E-state index is 11.7. The average Bonchev–Trinajstić information content (AvgIpc) is 2.87. The van der Waals surface area contributed by atoms with Crippen LogP contribution < -0.4 is 10.00 Å². The lowest BCUT2D eigenvalue weighted by Crippen LogP contribution is -2.50. The van der Waals surface area contributed by atoms with Gasteiger partial charge < -0.3 is 5.32 Å². The van der Waals surface area contributed by atoms with Gasteiger partial charge in [-0.2, -0.15) is 0 Å². The fourth-order valence-electron chi connectivity index (χ4n) is 2.68. The van der Waals surface area contributed by atoms with Crippen molar-refractivity contribution in [1.82, 2.24) is 10.00 Å². The lowest BCUT2D eigenvalue weighted by molar-refractivity contribution is -0.800. The Hall–Kier alpha value is -1.32. The molecule has 4 nitrogen and oxygen atoms in total. The normalized spacial score (nSPS) is 18.9. The van der Waals surface area contributed by atoms with E-state index in [-0.39, 0.29) is 11.9 Å². The summed E-state index contributed by atoms with van der Waals surface area (Å²) in [5.41, 5.74) is 0. The summed E-state index contributed by atoms with van der Waals surface area (Å²) in [7, 11) is 1.69. The molecule has 1 aliphatic rings. The van der Waals surface area contributed by atoms with Crippen molar-refractivity contribution >= 4 is 5.91 Å². The van der Waals surface area contributed by atoms with Gasteiger partial charge in [-0.25, -0.2) is 0 Å². The summed E-state index contributed by atoms with van der Waals surface area (Å²) >= 11 is 0. The van der Waals surface area contributed by atoms with Crippen LogP contribution in [0.15, 0.2) is 18.5 Å². The SMILES string of the molecule is CNC(=O)C(C)n1ccc[n+]1C1CCCCC1. The molecule has 1 aromatic rings. The van der Waals surface area contributed by atoms with Crippen molar-refractivity contribution < 1.29 is 9.48 Å². The minimum Gasteiger partial charge on any atom is -0.357 e. The van der Waals surface area contributed by atoms with Gasteiger partial charge in [0.15, 0.2) is 18.3 Å². The van der Waals surface area contributed by atoms with E-state index >= 15 is 0 Å². The Labute approximate surface area is 103 Å². The van der Waals surface area contributed by atoms with Crippen molar-refractivity contribution in [3.63, 3.8) is 0 Å². The van der Waals surface area contributed by atoms with Crippen molar-refractivity contribution in [2.24, 2.45) is 0 Å². The summed E-state index contributed by atoms with van der Waals surface area (Å²) in [5.74, 6) is 0.0609. The van der Waals surface area contributed by atoms with E-state index in [4.69, 9.17) is 0 Å². The monoisotopic (exact) mass is 236 g/mol. The number of amides is 1. The van der Waals surface area contributed by atoms with Gasteiger partial charge in [0.05, 0.1) is 6.20 Å². The predicted octanol–water partition coefficient (Wildman–Crippen LogP) is 1.59. The number of hydrogen-bond acceptors (Lipinski definition) is 1. The standard InChI is InChI=1S/C13H21N3O/c1-11(13(17)14-2)15-9-6-10-16(15)12-7-4-3-5-8-12/h6,9-12H,3-5,7-8H2,1-2H3/p+1. The third kappa shape index (κ3) is 2.51. The first-order chi connectivity index (χ1) is 8.24. The average molecular weight is 236 g/mol. The number of likely N-dealkylation sites (N-methyl/N-ethyl adjacent to an activating group) is 1. The molecular formula is C13H22N3O+. The molecule has 1 amide bonds. The predicted molar refractivity (Wildman–Crippen MR) is 65.5 cm³/mol. The number of rotatable bonds is 3. The van der Waals surface area contributed by atoms with Gasteiger partial charge in [0.2, 0.25) is 5.91 Å². The molecule has 1 atom stereocenters. The summed E-state index contributed by atoms with van der Waals surface area (Å²) < 4.78 is 4.29. The molecule has 1 N–H and O–H groups in total. The molecule has 1 aromatic heterocycles. The summed E-state index contributed by atoms with van der Waals surface area (Å²) in [6.07, 6.45) is 10.5. The number of nitrogens with one attached hydrogen (secondary N) is 1. The Morgan fingerprint density at radius 2 is 2.12 bits per heavy atom. The highest BCUT2D eigenvalue weighted by molar-refractivity contribution is 5.79. The zero-order valence-electron chi connectivity index (χ0n) is 10.7. The molecule has 1 aliphatic carbocycles. The smallest absolute Gasteiger partial charge is 0.248 e. The first-order valence-corrected chi connectivity index (χ1v) is 6.54. The molecular weight excluding hydrogens is 214 g/mol. The summed E-state index contributed by atoms with van der Waals surface area (Å²) in [5, 5.41) is 2.71. The van der Waals surface area contributed by atoms with Crippen LogP contribution in [-0.2, 0) is 4.79 Å². The Bertz CT molecular complexity index is 380. The van der Waals surface area contributed by atoms with Gasteiger partial charge in [0, 0.05) is 26.0 Å². The van der Waals surface area contributed by atoms with Crippen LogP contribution >= 0.6 is 0 Å². The minimum absolute atomic E-state index is 0.0609. The number of nitrogens with zero attached hydrogens (tertiary/aromatic N) is 2. The Morgan fingerprint density at radius 1 is 1.41 bits per heavy atom. The molecule has 1 heterocycles. The molecule has 4 heteroatoms. The first kappa shape index (κ1) is 12.1. The van der Waals surface area contributed by atoms with Crippen LogP contribution in [0.25, 0.3) is 0 Å². The number of hydrogen-bond donors (Lipinski definition) is 1. The largest absolute Gasteiger partial charge is 0.357 e. The van der Waals surface area contributed by atoms with Crippen LogP contribution in [0.4, 0.5) is 0 Å². The molecule has 0 spiro atoms. The topological polar surface area (TPSA) is 37.9 Å². The van der Waals surface area contributed by atoms with Gasteiger partial charge in [-0.1, -0.05) is 6.42 Å². The third-order valence-corrected chi connectivity index (χ3v) is 3.72. The summed E-state index contributed by atoms with van der Waals surface area (Å²) in [4.78, 5) is 11.7. The van der Waals surface area contributed by atoms with Gasteiger partial charge >= 0.3 is 0 Å². The lowest BCUT2D eigenvalue weighted by atomic mass is 9.96. The van der Waals surface area contributed by atoms with Gasteiger partial charge in [-0.3, -0.25) is 4.79 Å². The maximum atomic E-state index is 11.7. The summed E-state index contributed by atoms with van der Waals surface area (Å²) in [6.45, 7) is 1.94. The van der Waals surface area contributed by atoms with Crippen LogP contribution in [0.3, 0.4) is 0 Å². The maximum Gasteiger partial charge on any atom is 0.248 e. The van der Waals surface area contributed by atoms with Crippen molar-refractivity contribution in [3.05, 3.63) is 18.5 Å². The zero-order valence-corrected chi connectivity index (χ0v) is 10.7. The van der Waals surface area contributed by atoms with E-state index in [0.717, 1.165) is 0 Å². The van der Waals surface area contributed by atoms with Gasteiger partial charge in [-0.05, 0) is 19.8 Å². The molecule has 1 unspecified atom stereocenters. The van der Waals surface area contributed by atoms with Gasteiger partial charge in [0.25, 0.3) is 0 Å². The second-order valence-corrected chi connectivity index (χ2v) is 4.83. The Morgan fingerprint density at radius 3 is 2.76 bits per heavy atom. The fraction of sp³-hybridized carbons (Fsp3) is 0.692. The minimum atomic E-state index is -0.142. The Balaban J connectivity index is 2.18. The molecule has 0 radical (unpaired) electrons. The van der Waals surface area contributed by atoms with Crippen molar-refractivity contribution in [1.29, 1.82) is 0 Å². The van der Waals surface area contributed by atoms with Gasteiger partial charge in [0.1, 0.15) is 0 Å². The van der Waals surface area contributed by atoms with E-state index in [1.54, 1.807) is 7.05 Å². The molecule has 0 aliphatic heterocycles. The van der Waals surface area contributed by atoms with Crippen LogP contribution in [0.1, 0.15) is 51.1 Å². The molecule has 0 aromatic carbocycles. The Kier molecular flexibility index (Phi) is 3.82.